The molecule has 1 unspecified atom stereocenters. The molecule has 1 aliphatic carbocycles. The Kier molecular flexibility index (Phi) is 5.00. The number of rotatable bonds is 5. The highest BCUT2D eigenvalue weighted by atomic mass is 16.5. The SMILES string of the molecule is COc1ccc(C2(C(=O)N3CCC(C(=O)O)(C(C)C)C3)CCCC2)cc1. The van der Waals surface area contributed by atoms with Crippen LogP contribution in [0, 0.1) is 11.3 Å². The molecular formula is C21H29NO4. The van der Waals surface area contributed by atoms with Gasteiger partial charge in [-0.3, -0.25) is 9.59 Å². The molecule has 1 N–H and O–H groups in total. The number of likely N-dealkylation sites (tertiary alicyclic amines) is 1. The van der Waals surface area contributed by atoms with E-state index in [1.807, 2.05) is 43.0 Å². The molecule has 1 saturated carbocycles. The number of hydrogen-bond donors (Lipinski definition) is 1. The first kappa shape index (κ1) is 18.7. The lowest BCUT2D eigenvalue weighted by Gasteiger charge is -2.34. The molecule has 1 aromatic rings. The number of carbonyl (C=O) groups is 2. The van der Waals surface area contributed by atoms with E-state index >= 15 is 0 Å². The van der Waals surface area contributed by atoms with E-state index in [9.17, 15) is 14.7 Å². The summed E-state index contributed by atoms with van der Waals surface area (Å²) >= 11 is 0. The molecule has 0 spiro atoms. The molecule has 142 valence electrons. The van der Waals surface area contributed by atoms with Crippen LogP contribution in [0.4, 0.5) is 0 Å². The third-order valence-corrected chi connectivity index (χ3v) is 6.63. The lowest BCUT2D eigenvalue weighted by Crippen LogP contribution is -2.47. The van der Waals surface area contributed by atoms with Gasteiger partial charge in [-0.25, -0.2) is 0 Å². The maximum Gasteiger partial charge on any atom is 0.311 e. The van der Waals surface area contributed by atoms with Gasteiger partial charge in [0, 0.05) is 13.1 Å². The van der Waals surface area contributed by atoms with Gasteiger partial charge in [-0.2, -0.15) is 0 Å². The average molecular weight is 359 g/mol. The number of nitrogens with zero attached hydrogens (tertiary/aromatic N) is 1. The van der Waals surface area contributed by atoms with E-state index in [1.54, 1.807) is 7.11 Å². The van der Waals surface area contributed by atoms with Crippen LogP contribution in [0.15, 0.2) is 24.3 Å². The Balaban J connectivity index is 1.89. The van der Waals surface area contributed by atoms with E-state index in [4.69, 9.17) is 4.74 Å². The fourth-order valence-corrected chi connectivity index (χ4v) is 4.72. The van der Waals surface area contributed by atoms with Crippen molar-refractivity contribution in [2.45, 2.75) is 51.4 Å². The fraction of sp³-hybridized carbons (Fsp3) is 0.619. The Morgan fingerprint density at radius 3 is 2.19 bits per heavy atom. The third-order valence-electron chi connectivity index (χ3n) is 6.63. The highest BCUT2D eigenvalue weighted by molar-refractivity contribution is 5.90. The molecule has 2 fully saturated rings. The molecule has 1 amide bonds. The van der Waals surface area contributed by atoms with Gasteiger partial charge in [0.1, 0.15) is 5.75 Å². The number of carbonyl (C=O) groups excluding carboxylic acids is 1. The molecule has 26 heavy (non-hydrogen) atoms. The number of ether oxygens (including phenoxy) is 1. The molecule has 1 aliphatic heterocycles. The van der Waals surface area contributed by atoms with Crippen LogP contribution in [0.3, 0.4) is 0 Å². The highest BCUT2D eigenvalue weighted by Gasteiger charge is 2.52. The Morgan fingerprint density at radius 1 is 1.12 bits per heavy atom. The molecule has 1 heterocycles. The van der Waals surface area contributed by atoms with E-state index < -0.39 is 16.8 Å². The monoisotopic (exact) mass is 359 g/mol. The van der Waals surface area contributed by atoms with Crippen molar-refractivity contribution in [3.05, 3.63) is 29.8 Å². The number of hydrogen-bond acceptors (Lipinski definition) is 3. The van der Waals surface area contributed by atoms with Gasteiger partial charge in [-0.1, -0.05) is 38.8 Å². The number of benzene rings is 1. The first-order valence-corrected chi connectivity index (χ1v) is 9.53. The zero-order valence-corrected chi connectivity index (χ0v) is 16.0. The standard InChI is InChI=1S/C21H29NO4/c1-15(2)21(19(24)25)12-13-22(14-21)18(23)20(10-4-5-11-20)16-6-8-17(26-3)9-7-16/h6-9,15H,4-5,10-14H2,1-3H3,(H,24,25). The van der Waals surface area contributed by atoms with Gasteiger partial charge in [0.15, 0.2) is 0 Å². The quantitative estimate of drug-likeness (QED) is 0.874. The lowest BCUT2D eigenvalue weighted by atomic mass is 9.76. The maximum atomic E-state index is 13.6. The zero-order chi connectivity index (χ0) is 18.9. The molecule has 5 nitrogen and oxygen atoms in total. The van der Waals surface area contributed by atoms with Crippen molar-refractivity contribution in [3.63, 3.8) is 0 Å². The summed E-state index contributed by atoms with van der Waals surface area (Å²) in [5.41, 5.74) is -0.314. The molecule has 1 aromatic carbocycles. The Hall–Kier alpha value is -2.04. The molecule has 2 aliphatic rings. The topological polar surface area (TPSA) is 66.8 Å². The first-order chi connectivity index (χ1) is 12.4. The summed E-state index contributed by atoms with van der Waals surface area (Å²) in [6.07, 6.45) is 4.25. The van der Waals surface area contributed by atoms with Crippen molar-refractivity contribution < 1.29 is 19.4 Å². The van der Waals surface area contributed by atoms with E-state index in [0.29, 0.717) is 19.5 Å². The van der Waals surface area contributed by atoms with Crippen LogP contribution in [0.5, 0.6) is 5.75 Å². The van der Waals surface area contributed by atoms with Gasteiger partial charge in [-0.05, 0) is 42.9 Å². The van der Waals surface area contributed by atoms with Gasteiger partial charge >= 0.3 is 5.97 Å². The predicted octanol–water partition coefficient (Wildman–Crippen LogP) is 3.47. The number of carboxylic acid groups (broad SMARTS) is 1. The van der Waals surface area contributed by atoms with Gasteiger partial charge in [-0.15, -0.1) is 0 Å². The largest absolute Gasteiger partial charge is 0.497 e. The molecule has 3 rings (SSSR count). The van der Waals surface area contributed by atoms with Gasteiger partial charge in [0.05, 0.1) is 17.9 Å². The Morgan fingerprint density at radius 2 is 1.73 bits per heavy atom. The van der Waals surface area contributed by atoms with E-state index in [0.717, 1.165) is 37.0 Å². The van der Waals surface area contributed by atoms with E-state index in [2.05, 4.69) is 0 Å². The smallest absolute Gasteiger partial charge is 0.311 e. The summed E-state index contributed by atoms with van der Waals surface area (Å²) in [5.74, 6) is 0.0928. The summed E-state index contributed by atoms with van der Waals surface area (Å²) in [4.78, 5) is 27.3. The summed E-state index contributed by atoms with van der Waals surface area (Å²) in [5, 5.41) is 9.79. The van der Waals surface area contributed by atoms with Crippen molar-refractivity contribution in [1.82, 2.24) is 4.90 Å². The minimum Gasteiger partial charge on any atom is -0.497 e. The molecule has 1 saturated heterocycles. The van der Waals surface area contributed by atoms with Crippen molar-refractivity contribution in [1.29, 1.82) is 0 Å². The van der Waals surface area contributed by atoms with Crippen molar-refractivity contribution in [3.8, 4) is 5.75 Å². The number of aliphatic carboxylic acids is 1. The van der Waals surface area contributed by atoms with Crippen LogP contribution in [-0.4, -0.2) is 42.1 Å². The predicted molar refractivity (Wildman–Crippen MR) is 99.2 cm³/mol. The van der Waals surface area contributed by atoms with Crippen LogP contribution in [-0.2, 0) is 15.0 Å². The van der Waals surface area contributed by atoms with Crippen molar-refractivity contribution in [2.75, 3.05) is 20.2 Å². The average Bonchev–Trinajstić information content (AvgIpc) is 3.30. The van der Waals surface area contributed by atoms with Crippen LogP contribution < -0.4 is 4.74 Å². The second-order valence-corrected chi connectivity index (χ2v) is 8.11. The van der Waals surface area contributed by atoms with E-state index in [1.165, 1.54) is 0 Å². The second-order valence-electron chi connectivity index (χ2n) is 8.11. The number of carboxylic acids is 1. The summed E-state index contributed by atoms with van der Waals surface area (Å²) in [6, 6.07) is 7.79. The number of amides is 1. The summed E-state index contributed by atoms with van der Waals surface area (Å²) in [7, 11) is 1.63. The Bertz CT molecular complexity index is 676. The zero-order valence-electron chi connectivity index (χ0n) is 16.0. The van der Waals surface area contributed by atoms with Gasteiger partial charge < -0.3 is 14.7 Å². The molecular weight excluding hydrogens is 330 g/mol. The van der Waals surface area contributed by atoms with E-state index in [-0.39, 0.29) is 11.8 Å². The van der Waals surface area contributed by atoms with Gasteiger partial charge in [0.25, 0.3) is 0 Å². The number of methoxy groups -OCH3 is 1. The molecule has 5 heteroatoms. The maximum absolute atomic E-state index is 13.6. The summed E-state index contributed by atoms with van der Waals surface area (Å²) < 4.78 is 5.24. The second kappa shape index (κ2) is 6.93. The van der Waals surface area contributed by atoms with Crippen LogP contribution in [0.25, 0.3) is 0 Å². The van der Waals surface area contributed by atoms with Crippen molar-refractivity contribution >= 4 is 11.9 Å². The molecule has 0 bridgehead atoms. The van der Waals surface area contributed by atoms with Crippen LogP contribution in [0.2, 0.25) is 0 Å². The summed E-state index contributed by atoms with van der Waals surface area (Å²) in [6.45, 7) is 4.73. The van der Waals surface area contributed by atoms with Crippen LogP contribution in [0.1, 0.15) is 51.5 Å². The Labute approximate surface area is 155 Å². The highest BCUT2D eigenvalue weighted by Crippen LogP contribution is 2.46. The fourth-order valence-electron chi connectivity index (χ4n) is 4.72. The molecule has 0 radical (unpaired) electrons. The normalized spacial score (nSPS) is 24.8. The third kappa shape index (κ3) is 2.87. The minimum absolute atomic E-state index is 0.00156. The van der Waals surface area contributed by atoms with Crippen LogP contribution >= 0.6 is 0 Å². The first-order valence-electron chi connectivity index (χ1n) is 9.53. The lowest BCUT2D eigenvalue weighted by molar-refractivity contribution is -0.151. The van der Waals surface area contributed by atoms with Crippen molar-refractivity contribution in [2.24, 2.45) is 11.3 Å². The minimum atomic E-state index is -0.824. The van der Waals surface area contributed by atoms with Gasteiger partial charge in [0.2, 0.25) is 5.91 Å². The molecule has 1 atom stereocenters. The molecule has 0 aromatic heterocycles.